The van der Waals surface area contributed by atoms with E-state index in [0.29, 0.717) is 17.4 Å². The van der Waals surface area contributed by atoms with Gasteiger partial charge >= 0.3 is 0 Å². The monoisotopic (exact) mass is 260 g/mol. The fourth-order valence-electron chi connectivity index (χ4n) is 2.52. The molecule has 1 fully saturated rings. The Balaban J connectivity index is 1.70. The first-order valence-corrected chi connectivity index (χ1v) is 6.45. The summed E-state index contributed by atoms with van der Waals surface area (Å²) in [6.07, 6.45) is 6.36. The van der Waals surface area contributed by atoms with E-state index in [1.807, 2.05) is 6.07 Å². The predicted octanol–water partition coefficient (Wildman–Crippen LogP) is 1.45. The van der Waals surface area contributed by atoms with Gasteiger partial charge in [0.15, 0.2) is 5.82 Å². The first-order valence-electron chi connectivity index (χ1n) is 6.45. The van der Waals surface area contributed by atoms with Gasteiger partial charge in [0.2, 0.25) is 0 Å². The molecule has 0 unspecified atom stereocenters. The molecule has 0 bridgehead atoms. The molecule has 1 aliphatic rings. The van der Waals surface area contributed by atoms with Crippen LogP contribution in [0.5, 0.6) is 0 Å². The molecule has 0 radical (unpaired) electrons. The number of carbonyl (C=O) groups excluding carboxylic acids is 1. The molecule has 1 saturated carbocycles. The van der Waals surface area contributed by atoms with Crippen LogP contribution in [0.4, 0.5) is 5.82 Å². The maximum absolute atomic E-state index is 12.0. The Hall–Kier alpha value is -2.18. The molecule has 7 heteroatoms. The molecule has 2 aromatic heterocycles. The lowest BCUT2D eigenvalue weighted by molar-refractivity contribution is 0.101. The molecule has 2 N–H and O–H groups in total. The van der Waals surface area contributed by atoms with Gasteiger partial charge in [-0.25, -0.2) is 4.68 Å². The summed E-state index contributed by atoms with van der Waals surface area (Å²) in [6.45, 7) is 0. The maximum atomic E-state index is 12.0. The summed E-state index contributed by atoms with van der Waals surface area (Å²) in [6, 6.07) is 1.91. The van der Waals surface area contributed by atoms with Crippen LogP contribution in [0.25, 0.3) is 0 Å². The highest BCUT2D eigenvalue weighted by molar-refractivity contribution is 6.02. The number of aromatic nitrogens is 5. The topological polar surface area (TPSA) is 88.5 Å². The predicted molar refractivity (Wildman–Crippen MR) is 68.8 cm³/mol. The van der Waals surface area contributed by atoms with E-state index in [2.05, 4.69) is 25.8 Å². The van der Waals surface area contributed by atoms with Gasteiger partial charge in [-0.1, -0.05) is 18.1 Å². The summed E-state index contributed by atoms with van der Waals surface area (Å²) in [5.74, 6) is 0.849. The zero-order valence-corrected chi connectivity index (χ0v) is 10.8. The van der Waals surface area contributed by atoms with Crippen LogP contribution < -0.4 is 5.32 Å². The number of amides is 1. The van der Waals surface area contributed by atoms with Gasteiger partial charge in [0.05, 0.1) is 6.20 Å². The Bertz CT molecular complexity index is 581. The molecule has 3 rings (SSSR count). The van der Waals surface area contributed by atoms with Crippen molar-refractivity contribution in [2.75, 3.05) is 5.32 Å². The average molecular weight is 260 g/mol. The van der Waals surface area contributed by atoms with Crippen LogP contribution in [0.1, 0.15) is 47.8 Å². The summed E-state index contributed by atoms with van der Waals surface area (Å²) < 4.78 is 1.43. The standard InChI is InChI=1S/C12H16N6O/c1-18-10(7-13-17-18)12(19)14-11-6-9(15-16-11)8-4-2-3-5-8/h6-8H,2-5H2,1H3,(H2,14,15,16,19). The molecule has 7 nitrogen and oxygen atoms in total. The molecule has 0 aromatic carbocycles. The lowest BCUT2D eigenvalue weighted by Gasteiger charge is -2.03. The summed E-state index contributed by atoms with van der Waals surface area (Å²) in [7, 11) is 1.68. The highest BCUT2D eigenvalue weighted by Gasteiger charge is 2.20. The largest absolute Gasteiger partial charge is 0.304 e. The summed E-state index contributed by atoms with van der Waals surface area (Å²) >= 11 is 0. The molecule has 0 atom stereocenters. The molecular weight excluding hydrogens is 244 g/mol. The smallest absolute Gasteiger partial charge is 0.276 e. The van der Waals surface area contributed by atoms with Crippen molar-refractivity contribution in [3.63, 3.8) is 0 Å². The minimum Gasteiger partial charge on any atom is -0.304 e. The van der Waals surface area contributed by atoms with Gasteiger partial charge in [-0.05, 0) is 12.8 Å². The molecule has 1 amide bonds. The van der Waals surface area contributed by atoms with Crippen molar-refractivity contribution in [2.24, 2.45) is 7.05 Å². The van der Waals surface area contributed by atoms with Gasteiger partial charge in [-0.3, -0.25) is 9.89 Å². The Morgan fingerprint density at radius 3 is 2.95 bits per heavy atom. The fraction of sp³-hybridized carbons (Fsp3) is 0.500. The third kappa shape index (κ3) is 2.35. The van der Waals surface area contributed by atoms with E-state index < -0.39 is 0 Å². The van der Waals surface area contributed by atoms with Crippen molar-refractivity contribution in [2.45, 2.75) is 31.6 Å². The number of aromatic amines is 1. The molecule has 100 valence electrons. The number of anilines is 1. The van der Waals surface area contributed by atoms with Crippen molar-refractivity contribution in [1.29, 1.82) is 0 Å². The Kier molecular flexibility index (Phi) is 3.02. The molecule has 0 aliphatic heterocycles. The van der Waals surface area contributed by atoms with Crippen molar-refractivity contribution in [1.82, 2.24) is 25.2 Å². The van der Waals surface area contributed by atoms with Crippen molar-refractivity contribution >= 4 is 11.7 Å². The molecule has 1 aliphatic carbocycles. The van der Waals surface area contributed by atoms with E-state index in [4.69, 9.17) is 0 Å². The molecule has 0 spiro atoms. The minimum absolute atomic E-state index is 0.253. The fourth-order valence-corrected chi connectivity index (χ4v) is 2.52. The number of carbonyl (C=O) groups is 1. The number of nitrogens with one attached hydrogen (secondary N) is 2. The molecule has 19 heavy (non-hydrogen) atoms. The zero-order chi connectivity index (χ0) is 13.2. The van der Waals surface area contributed by atoms with E-state index in [9.17, 15) is 4.79 Å². The number of nitrogens with zero attached hydrogens (tertiary/aromatic N) is 4. The summed E-state index contributed by atoms with van der Waals surface area (Å²) in [5, 5.41) is 17.3. The first-order chi connectivity index (χ1) is 9.24. The van der Waals surface area contributed by atoms with E-state index in [-0.39, 0.29) is 5.91 Å². The maximum Gasteiger partial charge on any atom is 0.276 e. The third-order valence-corrected chi connectivity index (χ3v) is 3.58. The number of hydrogen-bond donors (Lipinski definition) is 2. The second-order valence-electron chi connectivity index (χ2n) is 4.89. The number of hydrogen-bond acceptors (Lipinski definition) is 4. The van der Waals surface area contributed by atoms with Crippen LogP contribution in [-0.2, 0) is 7.05 Å². The molecule has 2 aromatic rings. The second-order valence-corrected chi connectivity index (χ2v) is 4.89. The third-order valence-electron chi connectivity index (χ3n) is 3.58. The molecule has 2 heterocycles. The van der Waals surface area contributed by atoms with Crippen molar-refractivity contribution in [3.05, 3.63) is 23.7 Å². The quantitative estimate of drug-likeness (QED) is 0.874. The zero-order valence-electron chi connectivity index (χ0n) is 10.8. The first kappa shape index (κ1) is 11.9. The van der Waals surface area contributed by atoms with Gasteiger partial charge in [0.25, 0.3) is 5.91 Å². The van der Waals surface area contributed by atoms with Gasteiger partial charge in [0.1, 0.15) is 5.69 Å². The van der Waals surface area contributed by atoms with Gasteiger partial charge in [-0.15, -0.1) is 5.10 Å². The average Bonchev–Trinajstić information content (AvgIpc) is 3.07. The van der Waals surface area contributed by atoms with Crippen LogP contribution >= 0.6 is 0 Å². The van der Waals surface area contributed by atoms with Crippen LogP contribution in [0, 0.1) is 0 Å². The minimum atomic E-state index is -0.253. The second kappa shape index (κ2) is 4.83. The molecular formula is C12H16N6O. The van der Waals surface area contributed by atoms with E-state index >= 15 is 0 Å². The number of aryl methyl sites for hydroxylation is 1. The van der Waals surface area contributed by atoms with Gasteiger partial charge in [-0.2, -0.15) is 5.10 Å². The van der Waals surface area contributed by atoms with Crippen LogP contribution in [-0.4, -0.2) is 31.1 Å². The van der Waals surface area contributed by atoms with Crippen molar-refractivity contribution < 1.29 is 4.79 Å². The summed E-state index contributed by atoms with van der Waals surface area (Å²) in [4.78, 5) is 12.0. The number of H-pyrrole nitrogens is 1. The molecule has 0 saturated heterocycles. The normalized spacial score (nSPS) is 15.8. The highest BCUT2D eigenvalue weighted by atomic mass is 16.2. The number of rotatable bonds is 3. The van der Waals surface area contributed by atoms with E-state index in [1.165, 1.54) is 36.6 Å². The van der Waals surface area contributed by atoms with E-state index in [1.54, 1.807) is 7.05 Å². The van der Waals surface area contributed by atoms with Crippen molar-refractivity contribution in [3.8, 4) is 0 Å². The Labute approximate surface area is 110 Å². The van der Waals surface area contributed by atoms with Crippen LogP contribution in [0.3, 0.4) is 0 Å². The van der Waals surface area contributed by atoms with Crippen LogP contribution in [0.15, 0.2) is 12.3 Å². The summed E-state index contributed by atoms with van der Waals surface area (Å²) in [5.41, 5.74) is 1.52. The Morgan fingerprint density at radius 1 is 1.47 bits per heavy atom. The SMILES string of the molecule is Cn1nncc1C(=O)Nc1cc(C2CCCC2)[nH]n1. The van der Waals surface area contributed by atoms with Gasteiger partial charge in [0, 0.05) is 24.7 Å². The van der Waals surface area contributed by atoms with Gasteiger partial charge < -0.3 is 5.32 Å². The van der Waals surface area contributed by atoms with E-state index in [0.717, 1.165) is 5.69 Å². The highest BCUT2D eigenvalue weighted by Crippen LogP contribution is 2.33. The lowest BCUT2D eigenvalue weighted by Crippen LogP contribution is -2.16. The lowest BCUT2D eigenvalue weighted by atomic mass is 10.0. The van der Waals surface area contributed by atoms with Crippen LogP contribution in [0.2, 0.25) is 0 Å². The Morgan fingerprint density at radius 2 is 2.26 bits per heavy atom.